The van der Waals surface area contributed by atoms with E-state index in [1.807, 2.05) is 43.3 Å². The number of nitrogens with one attached hydrogen (secondary N) is 1. The summed E-state index contributed by atoms with van der Waals surface area (Å²) in [5.41, 5.74) is 3.04. The van der Waals surface area contributed by atoms with Crippen molar-refractivity contribution in [1.29, 1.82) is 0 Å². The molecule has 0 radical (unpaired) electrons. The number of methoxy groups -OCH3 is 2. The van der Waals surface area contributed by atoms with Crippen LogP contribution in [-0.4, -0.2) is 34.9 Å². The highest BCUT2D eigenvalue weighted by molar-refractivity contribution is 8.00. The quantitative estimate of drug-likeness (QED) is 0.187. The molecule has 0 aliphatic carbocycles. The summed E-state index contributed by atoms with van der Waals surface area (Å²) in [5.74, 6) is 0.761. The molecule has 1 N–H and O–H groups in total. The monoisotopic (exact) mass is 551 g/mol. The summed E-state index contributed by atoms with van der Waals surface area (Å²) in [7, 11) is 3.05. The van der Waals surface area contributed by atoms with Gasteiger partial charge in [0.15, 0.2) is 16.7 Å². The van der Waals surface area contributed by atoms with Gasteiger partial charge in [0.25, 0.3) is 5.56 Å². The van der Waals surface area contributed by atoms with Crippen LogP contribution in [0.3, 0.4) is 0 Å². The van der Waals surface area contributed by atoms with E-state index >= 15 is 0 Å². The molecule has 0 saturated heterocycles. The molecule has 9 heteroatoms. The molecular formula is C29H30ClN3O4S. The highest BCUT2D eigenvalue weighted by atomic mass is 35.5. The molecule has 0 unspecified atom stereocenters. The predicted molar refractivity (Wildman–Crippen MR) is 154 cm³/mol. The lowest BCUT2D eigenvalue weighted by molar-refractivity contribution is -0.115. The zero-order chi connectivity index (χ0) is 27.2. The van der Waals surface area contributed by atoms with Crippen LogP contribution in [0.15, 0.2) is 70.6 Å². The van der Waals surface area contributed by atoms with Crippen LogP contribution in [0.5, 0.6) is 11.5 Å². The van der Waals surface area contributed by atoms with Gasteiger partial charge >= 0.3 is 0 Å². The number of halogens is 1. The minimum Gasteiger partial charge on any atom is -0.493 e. The summed E-state index contributed by atoms with van der Waals surface area (Å²) in [4.78, 5) is 31.8. The molecule has 0 spiro atoms. The van der Waals surface area contributed by atoms with Crippen LogP contribution >= 0.6 is 23.4 Å². The Hall–Kier alpha value is -3.49. The van der Waals surface area contributed by atoms with Crippen molar-refractivity contribution in [3.63, 3.8) is 0 Å². The number of nitrogens with zero attached hydrogens (tertiary/aromatic N) is 2. The Morgan fingerprint density at radius 2 is 1.63 bits per heavy atom. The van der Waals surface area contributed by atoms with Gasteiger partial charge < -0.3 is 14.8 Å². The van der Waals surface area contributed by atoms with Gasteiger partial charge in [-0.1, -0.05) is 61.5 Å². The molecule has 1 aromatic heterocycles. The van der Waals surface area contributed by atoms with Gasteiger partial charge in [0.1, 0.15) is 0 Å². The van der Waals surface area contributed by atoms with Crippen molar-refractivity contribution in [3.05, 3.63) is 87.2 Å². The number of amides is 1. The zero-order valence-electron chi connectivity index (χ0n) is 21.8. The average molecular weight is 552 g/mol. The summed E-state index contributed by atoms with van der Waals surface area (Å²) >= 11 is 7.33. The highest BCUT2D eigenvalue weighted by Gasteiger charge is 2.23. The lowest BCUT2D eigenvalue weighted by Gasteiger charge is -2.19. The SMILES string of the molecule is CCc1ccc(NC(=O)[C@H](CC)Sc2nc3cc(OC)c(OC)cc3c(=O)n2Cc2ccc(Cl)cc2)cc1. The fourth-order valence-electron chi connectivity index (χ4n) is 4.03. The fraction of sp³-hybridized carbons (Fsp3) is 0.276. The van der Waals surface area contributed by atoms with Crippen molar-refractivity contribution in [1.82, 2.24) is 9.55 Å². The van der Waals surface area contributed by atoms with Crippen molar-refractivity contribution >= 4 is 45.9 Å². The van der Waals surface area contributed by atoms with Crippen LogP contribution in [-0.2, 0) is 17.8 Å². The Bertz CT molecular complexity index is 1490. The first kappa shape index (κ1) is 27.5. The third kappa shape index (κ3) is 6.14. The third-order valence-corrected chi connectivity index (χ3v) is 7.83. The minimum atomic E-state index is -0.471. The number of aromatic nitrogens is 2. The molecule has 7 nitrogen and oxygen atoms in total. The zero-order valence-corrected chi connectivity index (χ0v) is 23.4. The van der Waals surface area contributed by atoms with Gasteiger partial charge in [0, 0.05) is 16.8 Å². The molecule has 38 heavy (non-hydrogen) atoms. The molecule has 198 valence electrons. The molecule has 0 aliphatic heterocycles. The van der Waals surface area contributed by atoms with E-state index in [9.17, 15) is 9.59 Å². The number of carbonyl (C=O) groups is 1. The lowest BCUT2D eigenvalue weighted by Crippen LogP contribution is -2.28. The molecule has 4 rings (SSSR count). The molecule has 0 saturated carbocycles. The minimum absolute atomic E-state index is 0.151. The number of ether oxygens (including phenoxy) is 2. The summed E-state index contributed by atoms with van der Waals surface area (Å²) in [6.07, 6.45) is 1.47. The average Bonchev–Trinajstić information content (AvgIpc) is 2.94. The maximum Gasteiger partial charge on any atom is 0.262 e. The summed E-state index contributed by atoms with van der Waals surface area (Å²) in [6.45, 7) is 4.29. The normalized spacial score (nSPS) is 11.8. The number of carbonyl (C=O) groups excluding carboxylic acids is 1. The van der Waals surface area contributed by atoms with Gasteiger partial charge in [-0.05, 0) is 54.3 Å². The van der Waals surface area contributed by atoms with Crippen molar-refractivity contribution in [2.75, 3.05) is 19.5 Å². The third-order valence-electron chi connectivity index (χ3n) is 6.22. The molecule has 1 heterocycles. The molecule has 0 bridgehead atoms. The van der Waals surface area contributed by atoms with Crippen LogP contribution in [0.4, 0.5) is 5.69 Å². The van der Waals surface area contributed by atoms with Gasteiger partial charge in [-0.3, -0.25) is 14.2 Å². The van der Waals surface area contributed by atoms with E-state index < -0.39 is 5.25 Å². The van der Waals surface area contributed by atoms with Gasteiger partial charge in [0.2, 0.25) is 5.91 Å². The number of anilines is 1. The molecular weight excluding hydrogens is 522 g/mol. The first-order valence-electron chi connectivity index (χ1n) is 12.3. The standard InChI is InChI=1S/C29H30ClN3O4S/c1-5-18-9-13-21(14-10-18)31-27(34)26(6-2)38-29-32-23-16-25(37-4)24(36-3)15-22(23)28(35)33(29)17-19-7-11-20(30)12-8-19/h7-16,26H,5-6,17H2,1-4H3,(H,31,34)/t26-/m0/s1. The van der Waals surface area contributed by atoms with E-state index in [0.717, 1.165) is 17.7 Å². The Labute approximate surface area is 231 Å². The van der Waals surface area contributed by atoms with Crippen LogP contribution in [0.2, 0.25) is 5.02 Å². The van der Waals surface area contributed by atoms with E-state index in [1.165, 1.54) is 31.5 Å². The van der Waals surface area contributed by atoms with E-state index in [0.29, 0.717) is 39.0 Å². The van der Waals surface area contributed by atoms with Gasteiger partial charge in [0.05, 0.1) is 36.9 Å². The van der Waals surface area contributed by atoms with E-state index in [4.69, 9.17) is 26.1 Å². The van der Waals surface area contributed by atoms with Gasteiger partial charge in [-0.25, -0.2) is 4.98 Å². The number of rotatable bonds is 10. The fourth-order valence-corrected chi connectivity index (χ4v) is 5.16. The van der Waals surface area contributed by atoms with Gasteiger partial charge in [-0.2, -0.15) is 0 Å². The molecule has 1 atom stereocenters. The molecule has 0 aliphatic rings. The molecule has 1 amide bonds. The lowest BCUT2D eigenvalue weighted by atomic mass is 10.1. The number of benzene rings is 3. The summed E-state index contributed by atoms with van der Waals surface area (Å²) in [5, 5.41) is 3.97. The second-order valence-electron chi connectivity index (χ2n) is 8.69. The second-order valence-corrected chi connectivity index (χ2v) is 10.3. The molecule has 3 aromatic carbocycles. The van der Waals surface area contributed by atoms with Crippen LogP contribution < -0.4 is 20.3 Å². The Morgan fingerprint density at radius 3 is 2.24 bits per heavy atom. The van der Waals surface area contributed by atoms with Crippen LogP contribution in [0.25, 0.3) is 10.9 Å². The molecule has 0 fully saturated rings. The number of aryl methyl sites for hydroxylation is 1. The first-order chi connectivity index (χ1) is 18.4. The van der Waals surface area contributed by atoms with E-state index in [1.54, 1.807) is 28.8 Å². The van der Waals surface area contributed by atoms with Crippen LogP contribution in [0, 0.1) is 0 Å². The van der Waals surface area contributed by atoms with Crippen molar-refractivity contribution in [2.45, 2.75) is 43.6 Å². The largest absolute Gasteiger partial charge is 0.493 e. The number of thioether (sulfide) groups is 1. The Balaban J connectivity index is 1.74. The van der Waals surface area contributed by atoms with Crippen molar-refractivity contribution < 1.29 is 14.3 Å². The van der Waals surface area contributed by atoms with Gasteiger partial charge in [-0.15, -0.1) is 0 Å². The Morgan fingerprint density at radius 1 is 1.00 bits per heavy atom. The van der Waals surface area contributed by atoms with Crippen molar-refractivity contribution in [3.8, 4) is 11.5 Å². The van der Waals surface area contributed by atoms with E-state index in [-0.39, 0.29) is 18.0 Å². The number of fused-ring (bicyclic) bond motifs is 1. The smallest absolute Gasteiger partial charge is 0.262 e. The van der Waals surface area contributed by atoms with Crippen LogP contribution in [0.1, 0.15) is 31.4 Å². The van der Waals surface area contributed by atoms with Crippen molar-refractivity contribution in [2.24, 2.45) is 0 Å². The highest BCUT2D eigenvalue weighted by Crippen LogP contribution is 2.32. The van der Waals surface area contributed by atoms with E-state index in [2.05, 4.69) is 12.2 Å². The Kier molecular flexibility index (Phi) is 8.97. The number of hydrogen-bond donors (Lipinski definition) is 1. The number of hydrogen-bond acceptors (Lipinski definition) is 6. The summed E-state index contributed by atoms with van der Waals surface area (Å²) in [6, 6.07) is 18.4. The predicted octanol–water partition coefficient (Wildman–Crippen LogP) is 6.19. The second kappa shape index (κ2) is 12.4. The maximum atomic E-state index is 13.8. The molecule has 4 aromatic rings. The first-order valence-corrected chi connectivity index (χ1v) is 13.6. The summed E-state index contributed by atoms with van der Waals surface area (Å²) < 4.78 is 12.4. The topological polar surface area (TPSA) is 82.5 Å². The maximum absolute atomic E-state index is 13.8.